The number of carbonyl (C=O) groups excluding carboxylic acids is 1. The highest BCUT2D eigenvalue weighted by Gasteiger charge is 2.15. The molecule has 6 nitrogen and oxygen atoms in total. The summed E-state index contributed by atoms with van der Waals surface area (Å²) in [5, 5.41) is 6.07. The van der Waals surface area contributed by atoms with Gasteiger partial charge >= 0.3 is 0 Å². The van der Waals surface area contributed by atoms with Crippen molar-refractivity contribution >= 4 is 11.9 Å². The Balaban J connectivity index is 1.76. The monoisotopic (exact) mass is 278 g/mol. The molecule has 1 aliphatic rings. The summed E-state index contributed by atoms with van der Waals surface area (Å²) in [5.41, 5.74) is 0. The molecule has 1 aromatic rings. The van der Waals surface area contributed by atoms with Gasteiger partial charge in [-0.15, -0.1) is 0 Å². The third kappa shape index (κ3) is 4.01. The zero-order valence-electron chi connectivity index (χ0n) is 11.9. The van der Waals surface area contributed by atoms with E-state index in [0.29, 0.717) is 18.8 Å². The molecule has 2 rings (SSSR count). The van der Waals surface area contributed by atoms with Gasteiger partial charge in [0.1, 0.15) is 0 Å². The predicted octanol–water partition coefficient (Wildman–Crippen LogP) is 1.07. The molecule has 0 aliphatic carbocycles. The van der Waals surface area contributed by atoms with Crippen LogP contribution in [0.4, 0.5) is 0 Å². The van der Waals surface area contributed by atoms with Crippen molar-refractivity contribution in [1.29, 1.82) is 0 Å². The number of amides is 1. The molecule has 2 N–H and O–H groups in total. The van der Waals surface area contributed by atoms with Gasteiger partial charge in [-0.3, -0.25) is 9.79 Å². The molecule has 1 amide bonds. The average Bonchev–Trinajstić information content (AvgIpc) is 3.14. The van der Waals surface area contributed by atoms with Gasteiger partial charge in [-0.25, -0.2) is 0 Å². The maximum atomic E-state index is 11.7. The summed E-state index contributed by atoms with van der Waals surface area (Å²) < 4.78 is 5.02. The van der Waals surface area contributed by atoms with E-state index < -0.39 is 0 Å². The summed E-state index contributed by atoms with van der Waals surface area (Å²) in [6, 6.07) is 3.34. The SMILES string of the molecule is CCNC(=NCCNC(=O)c1ccco1)N1CCCC1. The van der Waals surface area contributed by atoms with Crippen LogP contribution in [-0.2, 0) is 0 Å². The number of rotatable bonds is 5. The fraction of sp³-hybridized carbons (Fsp3) is 0.571. The van der Waals surface area contributed by atoms with Crippen LogP contribution in [0, 0.1) is 0 Å². The van der Waals surface area contributed by atoms with Gasteiger partial charge in [0.2, 0.25) is 0 Å². The largest absolute Gasteiger partial charge is 0.459 e. The number of hydrogen-bond donors (Lipinski definition) is 2. The van der Waals surface area contributed by atoms with Gasteiger partial charge in [0, 0.05) is 26.2 Å². The van der Waals surface area contributed by atoms with Crippen molar-refractivity contribution in [3.63, 3.8) is 0 Å². The first-order valence-electron chi connectivity index (χ1n) is 7.16. The Hall–Kier alpha value is -1.98. The fourth-order valence-corrected chi connectivity index (χ4v) is 2.18. The number of nitrogens with zero attached hydrogens (tertiary/aromatic N) is 2. The van der Waals surface area contributed by atoms with Crippen LogP contribution in [0.5, 0.6) is 0 Å². The Bertz CT molecular complexity index is 436. The van der Waals surface area contributed by atoms with Gasteiger partial charge < -0.3 is 20.0 Å². The molecule has 0 radical (unpaired) electrons. The third-order valence-corrected chi connectivity index (χ3v) is 3.14. The second-order valence-corrected chi connectivity index (χ2v) is 4.66. The molecule has 0 saturated carbocycles. The van der Waals surface area contributed by atoms with E-state index in [9.17, 15) is 4.79 Å². The molecule has 0 aromatic carbocycles. The molecule has 6 heteroatoms. The zero-order chi connectivity index (χ0) is 14.2. The number of nitrogens with one attached hydrogen (secondary N) is 2. The predicted molar refractivity (Wildman–Crippen MR) is 77.8 cm³/mol. The lowest BCUT2D eigenvalue weighted by molar-refractivity contribution is 0.0927. The second-order valence-electron chi connectivity index (χ2n) is 4.66. The maximum Gasteiger partial charge on any atom is 0.287 e. The Morgan fingerprint density at radius 3 is 2.85 bits per heavy atom. The van der Waals surface area contributed by atoms with Gasteiger partial charge in [-0.05, 0) is 31.9 Å². The molecule has 20 heavy (non-hydrogen) atoms. The number of carbonyl (C=O) groups is 1. The highest BCUT2D eigenvalue weighted by atomic mass is 16.3. The highest BCUT2D eigenvalue weighted by molar-refractivity contribution is 5.91. The molecular formula is C14H22N4O2. The fourth-order valence-electron chi connectivity index (χ4n) is 2.18. The average molecular weight is 278 g/mol. The Morgan fingerprint density at radius 2 is 2.20 bits per heavy atom. The maximum absolute atomic E-state index is 11.7. The summed E-state index contributed by atoms with van der Waals surface area (Å²) in [6.07, 6.45) is 3.93. The first-order valence-corrected chi connectivity index (χ1v) is 7.16. The van der Waals surface area contributed by atoms with E-state index in [-0.39, 0.29) is 5.91 Å². The van der Waals surface area contributed by atoms with Crippen LogP contribution in [0.1, 0.15) is 30.3 Å². The van der Waals surface area contributed by atoms with Gasteiger partial charge in [0.15, 0.2) is 11.7 Å². The topological polar surface area (TPSA) is 69.9 Å². The van der Waals surface area contributed by atoms with Gasteiger partial charge in [-0.2, -0.15) is 0 Å². The van der Waals surface area contributed by atoms with Crippen molar-refractivity contribution in [1.82, 2.24) is 15.5 Å². The van der Waals surface area contributed by atoms with Crippen molar-refractivity contribution < 1.29 is 9.21 Å². The first kappa shape index (κ1) is 14.4. The molecule has 110 valence electrons. The summed E-state index contributed by atoms with van der Waals surface area (Å²) in [5.74, 6) is 1.08. The van der Waals surface area contributed by atoms with Gasteiger partial charge in [-0.1, -0.05) is 0 Å². The minimum absolute atomic E-state index is 0.198. The lowest BCUT2D eigenvalue weighted by Gasteiger charge is -2.20. The second kappa shape index (κ2) is 7.57. The normalized spacial score (nSPS) is 15.4. The molecule has 0 bridgehead atoms. The number of likely N-dealkylation sites (tertiary alicyclic amines) is 1. The lowest BCUT2D eigenvalue weighted by atomic mass is 10.4. The van der Waals surface area contributed by atoms with Crippen LogP contribution < -0.4 is 10.6 Å². The Morgan fingerprint density at radius 1 is 1.40 bits per heavy atom. The number of aliphatic imine (C=N–C) groups is 1. The van der Waals surface area contributed by atoms with E-state index in [4.69, 9.17) is 4.42 Å². The number of hydrogen-bond acceptors (Lipinski definition) is 3. The minimum Gasteiger partial charge on any atom is -0.459 e. The minimum atomic E-state index is -0.198. The molecule has 1 fully saturated rings. The number of furan rings is 1. The molecule has 2 heterocycles. The van der Waals surface area contributed by atoms with Gasteiger partial charge in [0.25, 0.3) is 5.91 Å². The van der Waals surface area contributed by atoms with Crippen LogP contribution in [-0.4, -0.2) is 49.5 Å². The van der Waals surface area contributed by atoms with Crippen LogP contribution >= 0.6 is 0 Å². The molecule has 1 saturated heterocycles. The summed E-state index contributed by atoms with van der Waals surface area (Å²) in [7, 11) is 0. The van der Waals surface area contributed by atoms with Crippen LogP contribution in [0.25, 0.3) is 0 Å². The Labute approximate surface area is 119 Å². The van der Waals surface area contributed by atoms with Crippen LogP contribution in [0.15, 0.2) is 27.8 Å². The quantitative estimate of drug-likeness (QED) is 0.480. The standard InChI is InChI=1S/C14H22N4O2/c1-2-15-14(18-9-3-4-10-18)17-8-7-16-13(19)12-6-5-11-20-12/h5-6,11H,2-4,7-10H2,1H3,(H,15,17)(H,16,19). The van der Waals surface area contributed by atoms with Crippen molar-refractivity contribution in [3.05, 3.63) is 24.2 Å². The van der Waals surface area contributed by atoms with E-state index >= 15 is 0 Å². The smallest absolute Gasteiger partial charge is 0.287 e. The summed E-state index contributed by atoms with van der Waals surface area (Å²) in [4.78, 5) is 18.4. The highest BCUT2D eigenvalue weighted by Crippen LogP contribution is 2.07. The van der Waals surface area contributed by atoms with E-state index in [1.807, 2.05) is 0 Å². The molecule has 1 aromatic heterocycles. The Kier molecular flexibility index (Phi) is 5.46. The molecule has 0 atom stereocenters. The van der Waals surface area contributed by atoms with Crippen molar-refractivity contribution in [3.8, 4) is 0 Å². The van der Waals surface area contributed by atoms with E-state index in [0.717, 1.165) is 25.6 Å². The van der Waals surface area contributed by atoms with Crippen molar-refractivity contribution in [2.75, 3.05) is 32.7 Å². The third-order valence-electron chi connectivity index (χ3n) is 3.14. The summed E-state index contributed by atoms with van der Waals surface area (Å²) >= 11 is 0. The van der Waals surface area contributed by atoms with E-state index in [2.05, 4.69) is 27.4 Å². The van der Waals surface area contributed by atoms with Crippen LogP contribution in [0.3, 0.4) is 0 Å². The van der Waals surface area contributed by atoms with E-state index in [1.54, 1.807) is 12.1 Å². The lowest BCUT2D eigenvalue weighted by Crippen LogP contribution is -2.40. The molecule has 0 unspecified atom stereocenters. The molecular weight excluding hydrogens is 256 g/mol. The van der Waals surface area contributed by atoms with Crippen molar-refractivity contribution in [2.24, 2.45) is 4.99 Å². The molecule has 0 spiro atoms. The van der Waals surface area contributed by atoms with Crippen molar-refractivity contribution in [2.45, 2.75) is 19.8 Å². The van der Waals surface area contributed by atoms with Gasteiger partial charge in [0.05, 0.1) is 12.8 Å². The summed E-state index contributed by atoms with van der Waals surface area (Å²) in [6.45, 7) is 6.10. The van der Waals surface area contributed by atoms with Crippen LogP contribution in [0.2, 0.25) is 0 Å². The zero-order valence-corrected chi connectivity index (χ0v) is 11.9. The van der Waals surface area contributed by atoms with E-state index in [1.165, 1.54) is 19.1 Å². The first-order chi connectivity index (χ1) is 9.81. The number of guanidine groups is 1. The molecule has 1 aliphatic heterocycles.